The van der Waals surface area contributed by atoms with Crippen LogP contribution in [0.4, 0.5) is 0 Å². The zero-order valence-corrected chi connectivity index (χ0v) is 36.5. The van der Waals surface area contributed by atoms with Crippen molar-refractivity contribution in [3.63, 3.8) is 0 Å². The first-order valence-electron chi connectivity index (χ1n) is 21.5. The number of cyclic esters (lactones) is 1. The van der Waals surface area contributed by atoms with Crippen LogP contribution in [0, 0.1) is 35.5 Å². The van der Waals surface area contributed by atoms with Crippen molar-refractivity contribution in [1.82, 2.24) is 0 Å². The standard InChI is InChI=1S/C43H60O22/c1-6-19-22(25(38(54)56-5)15-59-40(19)64-42-36(52)34(50)32(48)28(11-44)62-42)9-30(46)57-14-24-18(4)27-8-21(24)17(3)13-58-39(55)26-16-60-41(20(7-2)23(26)10-31(47)61-27)65-43-37(53)35(51)33(49)29(12-45)63-43/h6-7,15-18,21-24,27-29,32-37,40-45,48-53H,8-14H2,1-5H3/b19-6+,20-7+/t17-,18+,21+,22-,23-,24-,27-,28+,29+,32+,33+,34-,35-,36+,37+,40-,41-,42-,43-/m0/s1. The van der Waals surface area contributed by atoms with Gasteiger partial charge in [0.15, 0.2) is 12.6 Å². The van der Waals surface area contributed by atoms with Crippen LogP contribution in [-0.4, -0.2) is 178 Å². The smallest absolute Gasteiger partial charge is 0.337 e. The van der Waals surface area contributed by atoms with Crippen molar-refractivity contribution >= 4 is 23.9 Å². The van der Waals surface area contributed by atoms with Crippen LogP contribution in [0.2, 0.25) is 0 Å². The second-order valence-electron chi connectivity index (χ2n) is 17.0. The molecule has 22 heteroatoms. The lowest BCUT2D eigenvalue weighted by molar-refractivity contribution is -0.327. The van der Waals surface area contributed by atoms with E-state index in [2.05, 4.69) is 0 Å². The summed E-state index contributed by atoms with van der Waals surface area (Å²) in [4.78, 5) is 54.1. The molecule has 0 aromatic rings. The maximum Gasteiger partial charge on any atom is 0.337 e. The maximum atomic E-state index is 13.8. The number of hydrogen-bond donors (Lipinski definition) is 8. The molecular formula is C43H60O22. The Hall–Kier alpha value is -4.04. The summed E-state index contributed by atoms with van der Waals surface area (Å²) in [7, 11) is 1.14. The van der Waals surface area contributed by atoms with Crippen LogP contribution in [0.15, 0.2) is 47.0 Å². The summed E-state index contributed by atoms with van der Waals surface area (Å²) < 4.78 is 56.8. The zero-order valence-electron chi connectivity index (χ0n) is 36.5. The van der Waals surface area contributed by atoms with Crippen LogP contribution in [-0.2, 0) is 66.5 Å². The minimum atomic E-state index is -1.77. The molecule has 5 heterocycles. The van der Waals surface area contributed by atoms with Gasteiger partial charge in [-0.15, -0.1) is 0 Å². The van der Waals surface area contributed by atoms with E-state index in [1.165, 1.54) is 6.08 Å². The van der Waals surface area contributed by atoms with E-state index in [-0.39, 0.29) is 59.7 Å². The fourth-order valence-corrected chi connectivity index (χ4v) is 9.35. The molecule has 2 bridgehead atoms. The van der Waals surface area contributed by atoms with Gasteiger partial charge >= 0.3 is 23.9 Å². The van der Waals surface area contributed by atoms with Crippen LogP contribution in [0.1, 0.15) is 47.0 Å². The van der Waals surface area contributed by atoms with Crippen molar-refractivity contribution in [2.24, 2.45) is 35.5 Å². The number of carbonyl (C=O) groups excluding carboxylic acids is 4. The van der Waals surface area contributed by atoms with Crippen molar-refractivity contribution in [3.05, 3.63) is 47.0 Å². The second-order valence-corrected chi connectivity index (χ2v) is 17.0. The lowest BCUT2D eigenvalue weighted by Gasteiger charge is -2.42. The average molecular weight is 929 g/mol. The number of ether oxygens (including phenoxy) is 10. The van der Waals surface area contributed by atoms with Gasteiger partial charge in [0.25, 0.3) is 0 Å². The van der Waals surface area contributed by atoms with Gasteiger partial charge in [0.1, 0.15) is 54.9 Å². The van der Waals surface area contributed by atoms with Crippen molar-refractivity contribution < 1.29 is 107 Å². The molecule has 1 saturated carbocycles. The molecule has 5 aliphatic heterocycles. The third-order valence-electron chi connectivity index (χ3n) is 13.3. The van der Waals surface area contributed by atoms with Crippen LogP contribution >= 0.6 is 0 Å². The minimum absolute atomic E-state index is 0.0165. The summed E-state index contributed by atoms with van der Waals surface area (Å²) in [6.07, 6.45) is -14.6. The molecule has 0 aromatic heterocycles. The molecule has 0 radical (unpaired) electrons. The Morgan fingerprint density at radius 3 is 1.92 bits per heavy atom. The monoisotopic (exact) mass is 928 g/mol. The van der Waals surface area contributed by atoms with E-state index in [9.17, 15) is 60.0 Å². The van der Waals surface area contributed by atoms with E-state index in [4.69, 9.17) is 47.4 Å². The van der Waals surface area contributed by atoms with Crippen molar-refractivity contribution in [3.8, 4) is 0 Å². The first-order chi connectivity index (χ1) is 31.0. The fourth-order valence-electron chi connectivity index (χ4n) is 9.35. The SMILES string of the molecule is C/C=C1/[C@H](O[C@@H]2O[C@H](CO)[C@@H](O)[C@H](O)[C@H]2O)OC=C(C(=O)OC)[C@H]1CC(=O)OC[C@H]1[C@@H](C)[C@@H]2C[C@@H]1[C@@H](C)COC(=O)C1=CO[C@@H](O[C@@H]3O[C@H](CO)[C@@H](O)[C@H](O)[C@H]3O)/C(=C/C)[C@@H]1CC(=O)O2. The highest BCUT2D eigenvalue weighted by Crippen LogP contribution is 2.45. The van der Waals surface area contributed by atoms with Crippen LogP contribution in [0.25, 0.3) is 0 Å². The molecule has 6 rings (SSSR count). The normalized spacial score (nSPS) is 42.4. The molecule has 3 saturated heterocycles. The topological polar surface area (TPSA) is 322 Å². The zero-order chi connectivity index (χ0) is 47.4. The quantitative estimate of drug-likeness (QED) is 0.0637. The Kier molecular flexibility index (Phi) is 16.8. The van der Waals surface area contributed by atoms with Crippen LogP contribution in [0.5, 0.6) is 0 Å². The molecule has 4 fully saturated rings. The van der Waals surface area contributed by atoms with E-state index in [0.717, 1.165) is 19.6 Å². The summed E-state index contributed by atoms with van der Waals surface area (Å²) in [5, 5.41) is 81.4. The molecule has 65 heavy (non-hydrogen) atoms. The third-order valence-corrected chi connectivity index (χ3v) is 13.3. The highest BCUT2D eigenvalue weighted by atomic mass is 16.8. The largest absolute Gasteiger partial charge is 0.468 e. The van der Waals surface area contributed by atoms with Gasteiger partial charge in [-0.05, 0) is 38.0 Å². The maximum absolute atomic E-state index is 13.8. The van der Waals surface area contributed by atoms with Gasteiger partial charge in [0, 0.05) is 28.9 Å². The molecule has 364 valence electrons. The van der Waals surface area contributed by atoms with Crippen molar-refractivity contribution in [2.75, 3.05) is 33.5 Å². The summed E-state index contributed by atoms with van der Waals surface area (Å²) in [5.74, 6) is -6.39. The van der Waals surface area contributed by atoms with E-state index >= 15 is 0 Å². The number of fused-ring (bicyclic) bond motifs is 3. The van der Waals surface area contributed by atoms with Gasteiger partial charge < -0.3 is 88.2 Å². The molecule has 19 atom stereocenters. The van der Waals surface area contributed by atoms with Gasteiger partial charge in [-0.2, -0.15) is 0 Å². The molecule has 0 spiro atoms. The molecule has 1 aliphatic carbocycles. The van der Waals surface area contributed by atoms with E-state index in [1.807, 2.05) is 13.8 Å². The highest BCUT2D eigenvalue weighted by molar-refractivity contribution is 5.91. The summed E-state index contributed by atoms with van der Waals surface area (Å²) >= 11 is 0. The lowest BCUT2D eigenvalue weighted by atomic mass is 9.83. The summed E-state index contributed by atoms with van der Waals surface area (Å²) in [6.45, 7) is 5.29. The molecule has 22 nitrogen and oxygen atoms in total. The number of aliphatic hydroxyl groups is 8. The van der Waals surface area contributed by atoms with Crippen molar-refractivity contribution in [2.45, 2.75) is 127 Å². The number of carbonyl (C=O) groups is 4. The molecular weight excluding hydrogens is 868 g/mol. The Labute approximate surface area is 373 Å². The Morgan fingerprint density at radius 2 is 1.37 bits per heavy atom. The fraction of sp³-hybridized carbons (Fsp3) is 0.721. The predicted octanol–water partition coefficient (Wildman–Crippen LogP) is -1.90. The van der Waals surface area contributed by atoms with Gasteiger partial charge in [0.05, 0.1) is 70.0 Å². The number of methoxy groups -OCH3 is 1. The number of aliphatic hydroxyl groups excluding tert-OH is 8. The lowest BCUT2D eigenvalue weighted by Crippen LogP contribution is -2.60. The summed E-state index contributed by atoms with van der Waals surface area (Å²) in [5.41, 5.74) is 0.427. The Morgan fingerprint density at radius 1 is 0.800 bits per heavy atom. The minimum Gasteiger partial charge on any atom is -0.468 e. The highest BCUT2D eigenvalue weighted by Gasteiger charge is 2.51. The molecule has 8 N–H and O–H groups in total. The molecule has 0 aromatic carbocycles. The van der Waals surface area contributed by atoms with Gasteiger partial charge in [-0.1, -0.05) is 26.0 Å². The van der Waals surface area contributed by atoms with E-state index in [0.29, 0.717) is 6.42 Å². The average Bonchev–Trinajstić information content (AvgIpc) is 3.60. The van der Waals surface area contributed by atoms with E-state index in [1.54, 1.807) is 19.9 Å². The van der Waals surface area contributed by atoms with Gasteiger partial charge in [-0.25, -0.2) is 9.59 Å². The number of esters is 4. The summed E-state index contributed by atoms with van der Waals surface area (Å²) in [6, 6.07) is 0. The third kappa shape index (κ3) is 10.6. The van der Waals surface area contributed by atoms with Crippen LogP contribution in [0.3, 0.4) is 0 Å². The predicted molar refractivity (Wildman–Crippen MR) is 213 cm³/mol. The van der Waals surface area contributed by atoms with Gasteiger partial charge in [-0.3, -0.25) is 9.59 Å². The first kappa shape index (κ1) is 50.4. The number of rotatable bonds is 11. The van der Waals surface area contributed by atoms with Crippen molar-refractivity contribution in [1.29, 1.82) is 0 Å². The molecule has 0 unspecified atom stereocenters. The number of hydrogen-bond acceptors (Lipinski definition) is 22. The van der Waals surface area contributed by atoms with E-state index < -0.39 is 141 Å². The molecule has 0 amide bonds. The molecule has 6 aliphatic rings. The first-order valence-corrected chi connectivity index (χ1v) is 21.5. The Balaban J connectivity index is 1.14. The Bertz CT molecular complexity index is 1840. The van der Waals surface area contributed by atoms with Gasteiger partial charge in [0.2, 0.25) is 12.6 Å². The second kappa shape index (κ2) is 21.7. The number of allylic oxidation sites excluding steroid dienone is 2. The van der Waals surface area contributed by atoms with Crippen LogP contribution < -0.4 is 0 Å².